The summed E-state index contributed by atoms with van der Waals surface area (Å²) >= 11 is 0. The zero-order valence-corrected chi connectivity index (χ0v) is 19.5. The van der Waals surface area contributed by atoms with Crippen LogP contribution in [0.4, 0.5) is 4.39 Å². The zero-order chi connectivity index (χ0) is 21.6. The normalized spacial score (nSPS) is 25.1. The second-order valence-electron chi connectivity index (χ2n) is 8.94. The molecule has 0 amide bonds. The van der Waals surface area contributed by atoms with Gasteiger partial charge in [-0.15, -0.1) is 0 Å². The Morgan fingerprint density at radius 2 is 1.76 bits per heavy atom. The summed E-state index contributed by atoms with van der Waals surface area (Å²) in [4.78, 5) is 5.18. The van der Waals surface area contributed by atoms with E-state index in [1.807, 2.05) is 0 Å². The first-order chi connectivity index (χ1) is 13.8. The number of rotatable bonds is 9. The molecule has 3 nitrogen and oxygen atoms in total. The molecule has 1 unspecified atom stereocenters. The van der Waals surface area contributed by atoms with Crippen molar-refractivity contribution in [3.8, 4) is 0 Å². The molecular weight excluding hydrogens is 363 g/mol. The Balaban J connectivity index is 2.18. The summed E-state index contributed by atoms with van der Waals surface area (Å²) in [6.45, 7) is 15.4. The van der Waals surface area contributed by atoms with Gasteiger partial charge < -0.3 is 9.64 Å². The van der Waals surface area contributed by atoms with E-state index < -0.39 is 6.36 Å². The second kappa shape index (κ2) is 11.1. The highest BCUT2D eigenvalue weighted by Gasteiger charge is 2.35. The third kappa shape index (κ3) is 6.29. The SMILES string of the molecule is CCN(/C(=C(\C)CC(F)OC)C(C)C)C1C[C@@H](C)N(Cc2ccccc2)[C@H](C)C1. The predicted molar refractivity (Wildman–Crippen MR) is 120 cm³/mol. The van der Waals surface area contributed by atoms with E-state index in [4.69, 9.17) is 4.74 Å². The number of piperidine rings is 1. The van der Waals surface area contributed by atoms with Crippen molar-refractivity contribution >= 4 is 0 Å². The molecule has 3 atom stereocenters. The second-order valence-corrected chi connectivity index (χ2v) is 8.94. The average Bonchev–Trinajstić information content (AvgIpc) is 2.68. The van der Waals surface area contributed by atoms with Crippen LogP contribution in [0.2, 0.25) is 0 Å². The van der Waals surface area contributed by atoms with E-state index in [0.29, 0.717) is 30.5 Å². The number of nitrogens with zero attached hydrogens (tertiary/aromatic N) is 2. The van der Waals surface area contributed by atoms with Gasteiger partial charge in [0.1, 0.15) is 0 Å². The van der Waals surface area contributed by atoms with Crippen LogP contribution < -0.4 is 0 Å². The average molecular weight is 405 g/mol. The van der Waals surface area contributed by atoms with E-state index in [-0.39, 0.29) is 0 Å². The van der Waals surface area contributed by atoms with Gasteiger partial charge in [-0.1, -0.05) is 44.2 Å². The monoisotopic (exact) mass is 404 g/mol. The molecule has 164 valence electrons. The van der Waals surface area contributed by atoms with Crippen LogP contribution in [-0.4, -0.2) is 47.9 Å². The van der Waals surface area contributed by atoms with Crippen LogP contribution in [0, 0.1) is 5.92 Å². The van der Waals surface area contributed by atoms with E-state index in [0.717, 1.165) is 31.5 Å². The van der Waals surface area contributed by atoms with Crippen LogP contribution in [-0.2, 0) is 11.3 Å². The Labute approximate surface area is 177 Å². The van der Waals surface area contributed by atoms with Crippen LogP contribution in [0.25, 0.3) is 0 Å². The number of halogens is 1. The Kier molecular flexibility index (Phi) is 9.16. The third-order valence-corrected chi connectivity index (χ3v) is 6.36. The molecule has 0 spiro atoms. The standard InChI is InChI=1S/C25H41FN2O/c1-8-27(25(18(2)3)19(4)14-24(26)29-7)23-15-20(5)28(21(6)16-23)17-22-12-10-9-11-13-22/h9-13,18,20-21,23-24H,8,14-17H2,1-7H3/b25-19+/t20-,21-,24?/m1/s1. The fraction of sp³-hybridized carbons (Fsp3) is 0.680. The van der Waals surface area contributed by atoms with Crippen molar-refractivity contribution in [3.05, 3.63) is 47.2 Å². The van der Waals surface area contributed by atoms with Crippen molar-refractivity contribution in [1.29, 1.82) is 0 Å². The summed E-state index contributed by atoms with van der Waals surface area (Å²) in [5.74, 6) is 0.368. The maximum absolute atomic E-state index is 13.9. The van der Waals surface area contributed by atoms with Gasteiger partial charge in [-0.05, 0) is 57.6 Å². The van der Waals surface area contributed by atoms with Crippen LogP contribution in [0.1, 0.15) is 66.4 Å². The molecule has 0 aromatic heterocycles. The Morgan fingerprint density at radius 3 is 2.24 bits per heavy atom. The molecule has 4 heteroatoms. The number of allylic oxidation sites excluding steroid dienone is 1. The largest absolute Gasteiger partial charge is 0.372 e. The van der Waals surface area contributed by atoms with Gasteiger partial charge in [0.05, 0.1) is 0 Å². The fourth-order valence-electron chi connectivity index (χ4n) is 5.07. The van der Waals surface area contributed by atoms with Gasteiger partial charge in [0, 0.05) is 50.4 Å². The molecule has 1 aliphatic heterocycles. The van der Waals surface area contributed by atoms with Gasteiger partial charge in [-0.2, -0.15) is 0 Å². The molecule has 1 saturated heterocycles. The maximum atomic E-state index is 13.9. The van der Waals surface area contributed by atoms with Crippen molar-refractivity contribution in [1.82, 2.24) is 9.80 Å². The summed E-state index contributed by atoms with van der Waals surface area (Å²) in [6, 6.07) is 12.3. The lowest BCUT2D eigenvalue weighted by molar-refractivity contribution is -0.00484. The van der Waals surface area contributed by atoms with E-state index in [2.05, 4.69) is 81.7 Å². The van der Waals surface area contributed by atoms with E-state index >= 15 is 0 Å². The first kappa shape index (κ1) is 23.9. The number of alkyl halides is 1. The highest BCUT2D eigenvalue weighted by atomic mass is 19.1. The van der Waals surface area contributed by atoms with Crippen LogP contribution in [0.3, 0.4) is 0 Å². The molecule has 2 rings (SSSR count). The molecule has 0 bridgehead atoms. The van der Waals surface area contributed by atoms with Crippen molar-refractivity contribution in [3.63, 3.8) is 0 Å². The van der Waals surface area contributed by atoms with Crippen LogP contribution >= 0.6 is 0 Å². The van der Waals surface area contributed by atoms with Gasteiger partial charge in [0.15, 0.2) is 0 Å². The van der Waals surface area contributed by atoms with Crippen LogP contribution in [0.15, 0.2) is 41.6 Å². The summed E-state index contributed by atoms with van der Waals surface area (Å²) in [5, 5.41) is 0. The highest BCUT2D eigenvalue weighted by Crippen LogP contribution is 2.33. The minimum Gasteiger partial charge on any atom is -0.372 e. The minimum absolute atomic E-state index is 0.346. The lowest BCUT2D eigenvalue weighted by Crippen LogP contribution is -2.52. The molecule has 1 aliphatic rings. The predicted octanol–water partition coefficient (Wildman–Crippen LogP) is 6.01. The number of methoxy groups -OCH3 is 1. The lowest BCUT2D eigenvalue weighted by atomic mass is 9.89. The number of likely N-dealkylation sites (tertiary alicyclic amines) is 1. The first-order valence-electron chi connectivity index (χ1n) is 11.2. The van der Waals surface area contributed by atoms with Crippen LogP contribution in [0.5, 0.6) is 0 Å². The molecule has 1 heterocycles. The van der Waals surface area contributed by atoms with E-state index in [1.165, 1.54) is 18.4 Å². The molecule has 1 fully saturated rings. The smallest absolute Gasteiger partial charge is 0.202 e. The van der Waals surface area contributed by atoms with Gasteiger partial charge in [-0.3, -0.25) is 4.90 Å². The van der Waals surface area contributed by atoms with E-state index in [9.17, 15) is 4.39 Å². The fourth-order valence-corrected chi connectivity index (χ4v) is 5.07. The summed E-state index contributed by atoms with van der Waals surface area (Å²) in [5.41, 5.74) is 3.79. The van der Waals surface area contributed by atoms with Crippen molar-refractivity contribution in [2.45, 2.75) is 91.8 Å². The van der Waals surface area contributed by atoms with Crippen molar-refractivity contribution < 1.29 is 9.13 Å². The number of ether oxygens (including phenoxy) is 1. The molecule has 1 aromatic rings. The Bertz CT molecular complexity index is 633. The highest BCUT2D eigenvalue weighted by molar-refractivity contribution is 5.17. The summed E-state index contributed by atoms with van der Waals surface area (Å²) in [7, 11) is 1.44. The molecule has 0 radical (unpaired) electrons. The van der Waals surface area contributed by atoms with E-state index in [1.54, 1.807) is 0 Å². The number of benzene rings is 1. The number of hydrogen-bond acceptors (Lipinski definition) is 3. The van der Waals surface area contributed by atoms with Gasteiger partial charge in [0.2, 0.25) is 6.36 Å². The van der Waals surface area contributed by atoms with Crippen molar-refractivity contribution in [2.24, 2.45) is 5.92 Å². The molecule has 0 N–H and O–H groups in total. The molecule has 0 aliphatic carbocycles. The maximum Gasteiger partial charge on any atom is 0.202 e. The Hall–Kier alpha value is -1.39. The quantitative estimate of drug-likeness (QED) is 0.501. The molecule has 29 heavy (non-hydrogen) atoms. The Morgan fingerprint density at radius 1 is 1.17 bits per heavy atom. The number of hydrogen-bond donors (Lipinski definition) is 0. The molecule has 0 saturated carbocycles. The molecule has 1 aromatic carbocycles. The van der Waals surface area contributed by atoms with Gasteiger partial charge >= 0.3 is 0 Å². The summed E-state index contributed by atoms with van der Waals surface area (Å²) < 4.78 is 18.8. The van der Waals surface area contributed by atoms with Gasteiger partial charge in [0.25, 0.3) is 0 Å². The zero-order valence-electron chi connectivity index (χ0n) is 19.5. The minimum atomic E-state index is -1.23. The third-order valence-electron chi connectivity index (χ3n) is 6.36. The van der Waals surface area contributed by atoms with Gasteiger partial charge in [-0.25, -0.2) is 4.39 Å². The van der Waals surface area contributed by atoms with Crippen molar-refractivity contribution in [2.75, 3.05) is 13.7 Å². The summed E-state index contributed by atoms with van der Waals surface area (Å²) in [6.07, 6.45) is 1.39. The molecular formula is C25H41FN2O. The first-order valence-corrected chi connectivity index (χ1v) is 11.2. The lowest BCUT2D eigenvalue weighted by Gasteiger charge is -2.48. The topological polar surface area (TPSA) is 15.7 Å².